The van der Waals surface area contributed by atoms with Gasteiger partial charge < -0.3 is 9.88 Å². The Bertz CT molecular complexity index is 643. The van der Waals surface area contributed by atoms with Crippen molar-refractivity contribution in [2.45, 2.75) is 13.8 Å². The average Bonchev–Trinajstić information content (AvgIpc) is 2.79. The van der Waals surface area contributed by atoms with Crippen molar-refractivity contribution in [2.24, 2.45) is 12.1 Å². The number of thiocarbonyl (C=S) groups is 1. The molecule has 0 bridgehead atoms. The van der Waals surface area contributed by atoms with E-state index in [1.54, 1.807) is 6.21 Å². The minimum Gasteiger partial charge on any atom is -0.350 e. The summed E-state index contributed by atoms with van der Waals surface area (Å²) in [6, 6.07) is 10.1. The molecule has 0 aliphatic rings. The molecule has 1 aromatic carbocycles. The number of rotatable bonds is 3. The lowest BCUT2D eigenvalue weighted by molar-refractivity contribution is 0.914. The molecule has 1 heterocycles. The van der Waals surface area contributed by atoms with Crippen LogP contribution in [0.15, 0.2) is 41.6 Å². The highest BCUT2D eigenvalue weighted by Gasteiger charge is 2.00. The highest BCUT2D eigenvalue weighted by atomic mass is 32.1. The number of nitrogens with zero attached hydrogens (tertiary/aromatic N) is 2. The largest absolute Gasteiger partial charge is 0.350 e. The SMILES string of the molecule is Cc1ccc(NC(=S)N/N=C/c2cccn2C)c(C)c1. The van der Waals surface area contributed by atoms with E-state index in [2.05, 4.69) is 28.8 Å². The van der Waals surface area contributed by atoms with Crippen LogP contribution < -0.4 is 10.7 Å². The zero-order valence-corrected chi connectivity index (χ0v) is 12.7. The molecule has 2 N–H and O–H groups in total. The topological polar surface area (TPSA) is 41.4 Å². The fourth-order valence-corrected chi connectivity index (χ4v) is 2.03. The van der Waals surface area contributed by atoms with Crippen LogP contribution in [-0.4, -0.2) is 15.9 Å². The molecule has 20 heavy (non-hydrogen) atoms. The summed E-state index contributed by atoms with van der Waals surface area (Å²) in [6.45, 7) is 4.11. The first kappa shape index (κ1) is 14.3. The molecule has 0 saturated carbocycles. The van der Waals surface area contributed by atoms with Crippen LogP contribution in [0.5, 0.6) is 0 Å². The Morgan fingerprint density at radius 2 is 2.10 bits per heavy atom. The molecule has 1 aromatic heterocycles. The van der Waals surface area contributed by atoms with Crippen molar-refractivity contribution in [3.8, 4) is 0 Å². The second-order valence-electron chi connectivity index (χ2n) is 4.69. The molecule has 2 rings (SSSR count). The summed E-state index contributed by atoms with van der Waals surface area (Å²) < 4.78 is 1.98. The van der Waals surface area contributed by atoms with Gasteiger partial charge in [0.1, 0.15) is 0 Å². The summed E-state index contributed by atoms with van der Waals surface area (Å²) in [5.74, 6) is 0. The van der Waals surface area contributed by atoms with Crippen LogP contribution in [-0.2, 0) is 7.05 Å². The Balaban J connectivity index is 1.93. The summed E-state index contributed by atoms with van der Waals surface area (Å²) in [5, 5.41) is 7.72. The van der Waals surface area contributed by atoms with Crippen LogP contribution in [0, 0.1) is 13.8 Å². The second-order valence-corrected chi connectivity index (χ2v) is 5.09. The van der Waals surface area contributed by atoms with E-state index in [0.717, 1.165) is 16.9 Å². The van der Waals surface area contributed by atoms with Crippen molar-refractivity contribution in [2.75, 3.05) is 5.32 Å². The van der Waals surface area contributed by atoms with Crippen molar-refractivity contribution >= 4 is 29.2 Å². The van der Waals surface area contributed by atoms with Crippen molar-refractivity contribution in [3.05, 3.63) is 53.3 Å². The molecular weight excluding hydrogens is 268 g/mol. The molecule has 104 valence electrons. The standard InChI is InChI=1S/C15H18N4S/c1-11-6-7-14(12(2)9-11)17-15(20)18-16-10-13-5-4-8-19(13)3/h4-10H,1-3H3,(H2,17,18,20)/b16-10+. The lowest BCUT2D eigenvalue weighted by Gasteiger charge is -2.10. The number of hydrogen-bond acceptors (Lipinski definition) is 2. The van der Waals surface area contributed by atoms with Gasteiger partial charge in [-0.2, -0.15) is 5.10 Å². The van der Waals surface area contributed by atoms with Gasteiger partial charge in [-0.3, -0.25) is 5.43 Å². The third-order valence-corrected chi connectivity index (χ3v) is 3.17. The number of benzene rings is 1. The van der Waals surface area contributed by atoms with E-state index in [9.17, 15) is 0 Å². The van der Waals surface area contributed by atoms with Gasteiger partial charge >= 0.3 is 0 Å². The molecule has 0 aliphatic carbocycles. The second kappa shape index (κ2) is 6.34. The van der Waals surface area contributed by atoms with Crippen LogP contribution in [0.3, 0.4) is 0 Å². The van der Waals surface area contributed by atoms with Gasteiger partial charge in [-0.1, -0.05) is 17.7 Å². The molecular formula is C15H18N4S. The molecule has 0 unspecified atom stereocenters. The van der Waals surface area contributed by atoms with Gasteiger partial charge in [-0.05, 0) is 49.8 Å². The number of aromatic nitrogens is 1. The van der Waals surface area contributed by atoms with Gasteiger partial charge in [0.25, 0.3) is 0 Å². The van der Waals surface area contributed by atoms with Gasteiger partial charge in [0, 0.05) is 18.9 Å². The van der Waals surface area contributed by atoms with Gasteiger partial charge in [0.05, 0.1) is 11.9 Å². The first-order valence-corrected chi connectivity index (χ1v) is 6.76. The summed E-state index contributed by atoms with van der Waals surface area (Å²) >= 11 is 5.21. The Labute approximate surface area is 124 Å². The predicted octanol–water partition coefficient (Wildman–Crippen LogP) is 2.96. The zero-order chi connectivity index (χ0) is 14.5. The molecule has 0 amide bonds. The average molecular weight is 286 g/mol. The number of nitrogens with one attached hydrogen (secondary N) is 2. The van der Waals surface area contributed by atoms with Crippen LogP contribution in [0.2, 0.25) is 0 Å². The Hall–Kier alpha value is -2.14. The zero-order valence-electron chi connectivity index (χ0n) is 11.8. The molecule has 0 fully saturated rings. The Morgan fingerprint density at radius 1 is 1.30 bits per heavy atom. The van der Waals surface area contributed by atoms with Crippen LogP contribution in [0.1, 0.15) is 16.8 Å². The molecule has 0 spiro atoms. The number of aryl methyl sites for hydroxylation is 3. The van der Waals surface area contributed by atoms with E-state index in [0.29, 0.717) is 5.11 Å². The van der Waals surface area contributed by atoms with Gasteiger partial charge in [0.2, 0.25) is 0 Å². The highest BCUT2D eigenvalue weighted by Crippen LogP contribution is 2.15. The minimum absolute atomic E-state index is 0.474. The smallest absolute Gasteiger partial charge is 0.191 e. The van der Waals surface area contributed by atoms with E-state index in [-0.39, 0.29) is 0 Å². The number of hydrazone groups is 1. The van der Waals surface area contributed by atoms with Crippen molar-refractivity contribution in [1.29, 1.82) is 0 Å². The van der Waals surface area contributed by atoms with Crippen molar-refractivity contribution in [3.63, 3.8) is 0 Å². The Morgan fingerprint density at radius 3 is 2.75 bits per heavy atom. The summed E-state index contributed by atoms with van der Waals surface area (Å²) in [4.78, 5) is 0. The predicted molar refractivity (Wildman–Crippen MR) is 88.3 cm³/mol. The van der Waals surface area contributed by atoms with Gasteiger partial charge in [0.15, 0.2) is 5.11 Å². The molecule has 0 radical (unpaired) electrons. The van der Waals surface area contributed by atoms with Crippen molar-refractivity contribution < 1.29 is 0 Å². The fraction of sp³-hybridized carbons (Fsp3) is 0.200. The van der Waals surface area contributed by atoms with Crippen LogP contribution >= 0.6 is 12.2 Å². The third-order valence-electron chi connectivity index (χ3n) is 2.98. The monoisotopic (exact) mass is 286 g/mol. The summed E-state index contributed by atoms with van der Waals surface area (Å²) in [5.41, 5.74) is 7.19. The maximum absolute atomic E-state index is 5.21. The van der Waals surface area contributed by atoms with Crippen LogP contribution in [0.25, 0.3) is 0 Å². The van der Waals surface area contributed by atoms with E-state index < -0.39 is 0 Å². The summed E-state index contributed by atoms with van der Waals surface area (Å²) in [7, 11) is 1.97. The highest BCUT2D eigenvalue weighted by molar-refractivity contribution is 7.80. The van der Waals surface area contributed by atoms with E-state index in [1.807, 2.05) is 49.0 Å². The molecule has 0 aliphatic heterocycles. The number of anilines is 1. The van der Waals surface area contributed by atoms with E-state index in [4.69, 9.17) is 12.2 Å². The molecule has 4 nitrogen and oxygen atoms in total. The Kier molecular flexibility index (Phi) is 4.53. The third kappa shape index (κ3) is 3.68. The van der Waals surface area contributed by atoms with E-state index >= 15 is 0 Å². The van der Waals surface area contributed by atoms with Crippen molar-refractivity contribution in [1.82, 2.24) is 9.99 Å². The number of hydrogen-bond donors (Lipinski definition) is 2. The quantitative estimate of drug-likeness (QED) is 0.518. The lowest BCUT2D eigenvalue weighted by atomic mass is 10.1. The fourth-order valence-electron chi connectivity index (χ4n) is 1.87. The van der Waals surface area contributed by atoms with Gasteiger partial charge in [-0.25, -0.2) is 0 Å². The molecule has 2 aromatic rings. The first-order valence-electron chi connectivity index (χ1n) is 6.35. The molecule has 0 saturated heterocycles. The lowest BCUT2D eigenvalue weighted by Crippen LogP contribution is -2.24. The molecule has 5 heteroatoms. The normalized spacial score (nSPS) is 10.8. The minimum atomic E-state index is 0.474. The maximum atomic E-state index is 5.21. The first-order chi connectivity index (χ1) is 9.56. The summed E-state index contributed by atoms with van der Waals surface area (Å²) in [6.07, 6.45) is 3.70. The van der Waals surface area contributed by atoms with Crippen LogP contribution in [0.4, 0.5) is 5.69 Å². The van der Waals surface area contributed by atoms with E-state index in [1.165, 1.54) is 5.56 Å². The maximum Gasteiger partial charge on any atom is 0.191 e. The van der Waals surface area contributed by atoms with Gasteiger partial charge in [-0.15, -0.1) is 0 Å². The molecule has 0 atom stereocenters.